The summed E-state index contributed by atoms with van der Waals surface area (Å²) in [5, 5.41) is 2.78. The second kappa shape index (κ2) is 6.33. The molecular weight excluding hydrogens is 308 g/mol. The van der Waals surface area contributed by atoms with E-state index in [1.54, 1.807) is 24.5 Å². The summed E-state index contributed by atoms with van der Waals surface area (Å²) in [6, 6.07) is 9.13. The molecule has 1 aromatic carbocycles. The molecule has 0 radical (unpaired) electrons. The quantitative estimate of drug-likeness (QED) is 0.941. The number of benzene rings is 1. The van der Waals surface area contributed by atoms with Gasteiger partial charge < -0.3 is 10.1 Å². The van der Waals surface area contributed by atoms with Gasteiger partial charge in [0.25, 0.3) is 5.91 Å². The Balaban J connectivity index is 1.89. The summed E-state index contributed by atoms with van der Waals surface area (Å²) in [5.41, 5.74) is 1.81. The van der Waals surface area contributed by atoms with E-state index in [0.717, 1.165) is 15.7 Å². The lowest BCUT2D eigenvalue weighted by Crippen LogP contribution is -2.20. The maximum absolute atomic E-state index is 11.7. The molecule has 4 nitrogen and oxygen atoms in total. The number of hydrogen-bond donors (Lipinski definition) is 1. The average molecular weight is 321 g/mol. The maximum Gasteiger partial charge on any atom is 0.262 e. The fourth-order valence-electron chi connectivity index (χ4n) is 1.50. The number of hydrogen-bond acceptors (Lipinski definition) is 3. The van der Waals surface area contributed by atoms with Crippen LogP contribution in [0.3, 0.4) is 0 Å². The van der Waals surface area contributed by atoms with Gasteiger partial charge in [-0.05, 0) is 42.8 Å². The number of anilines is 1. The number of carbonyl (C=O) groups excluding carboxylic acids is 1. The molecule has 0 aliphatic rings. The van der Waals surface area contributed by atoms with E-state index in [1.807, 2.05) is 25.1 Å². The molecule has 98 valence electrons. The van der Waals surface area contributed by atoms with Crippen LogP contribution in [-0.4, -0.2) is 17.5 Å². The molecule has 19 heavy (non-hydrogen) atoms. The number of carbonyl (C=O) groups is 1. The standard InChI is InChI=1S/C14H13BrN2O2/c1-10-7-11(4-5-13(10)15)17-14(18)9-19-12-3-2-6-16-8-12/h2-8H,9H2,1H3,(H,17,18). The van der Waals surface area contributed by atoms with Crippen LogP contribution in [0.1, 0.15) is 5.56 Å². The maximum atomic E-state index is 11.7. The zero-order chi connectivity index (χ0) is 13.7. The molecule has 0 atom stereocenters. The SMILES string of the molecule is Cc1cc(NC(=O)COc2cccnc2)ccc1Br. The first kappa shape index (κ1) is 13.5. The Morgan fingerprint density at radius 2 is 2.26 bits per heavy atom. The summed E-state index contributed by atoms with van der Waals surface area (Å²) in [5.74, 6) is 0.371. The monoisotopic (exact) mass is 320 g/mol. The zero-order valence-corrected chi connectivity index (χ0v) is 12.0. The lowest BCUT2D eigenvalue weighted by molar-refractivity contribution is -0.118. The van der Waals surface area contributed by atoms with Crippen LogP contribution < -0.4 is 10.1 Å². The summed E-state index contributed by atoms with van der Waals surface area (Å²) in [4.78, 5) is 15.6. The van der Waals surface area contributed by atoms with Crippen molar-refractivity contribution in [3.8, 4) is 5.75 Å². The number of rotatable bonds is 4. The number of halogens is 1. The Labute approximate surface area is 119 Å². The number of aryl methyl sites for hydroxylation is 1. The van der Waals surface area contributed by atoms with Gasteiger partial charge in [-0.1, -0.05) is 15.9 Å². The average Bonchev–Trinajstić information content (AvgIpc) is 2.42. The van der Waals surface area contributed by atoms with Gasteiger partial charge in [0.05, 0.1) is 6.20 Å². The van der Waals surface area contributed by atoms with Gasteiger partial charge in [0.2, 0.25) is 0 Å². The molecule has 0 saturated carbocycles. The third-order valence-electron chi connectivity index (χ3n) is 2.45. The molecule has 0 saturated heterocycles. The first-order valence-corrected chi connectivity index (χ1v) is 6.53. The molecule has 0 unspecified atom stereocenters. The molecule has 2 rings (SSSR count). The van der Waals surface area contributed by atoms with Gasteiger partial charge in [0.1, 0.15) is 5.75 Å². The van der Waals surface area contributed by atoms with Crippen LogP contribution >= 0.6 is 15.9 Å². The predicted molar refractivity (Wildman–Crippen MR) is 77.2 cm³/mol. The molecule has 0 aliphatic carbocycles. The van der Waals surface area contributed by atoms with Crippen molar-refractivity contribution in [3.05, 3.63) is 52.8 Å². The van der Waals surface area contributed by atoms with Crippen LogP contribution in [0.5, 0.6) is 5.75 Å². The van der Waals surface area contributed by atoms with Gasteiger partial charge in [-0.15, -0.1) is 0 Å². The van der Waals surface area contributed by atoms with E-state index in [1.165, 1.54) is 0 Å². The molecule has 1 amide bonds. The van der Waals surface area contributed by atoms with Crippen LogP contribution in [0.4, 0.5) is 5.69 Å². The van der Waals surface area contributed by atoms with E-state index >= 15 is 0 Å². The van der Waals surface area contributed by atoms with Crippen LogP contribution in [0.2, 0.25) is 0 Å². The lowest BCUT2D eigenvalue weighted by atomic mass is 10.2. The van der Waals surface area contributed by atoms with Gasteiger partial charge in [-0.25, -0.2) is 0 Å². The third-order valence-corrected chi connectivity index (χ3v) is 3.34. The summed E-state index contributed by atoms with van der Waals surface area (Å²) in [6.45, 7) is 1.92. The largest absolute Gasteiger partial charge is 0.482 e. The number of pyridine rings is 1. The normalized spacial score (nSPS) is 10.0. The fraction of sp³-hybridized carbons (Fsp3) is 0.143. The van der Waals surface area contributed by atoms with E-state index in [-0.39, 0.29) is 12.5 Å². The molecule has 0 spiro atoms. The highest BCUT2D eigenvalue weighted by Gasteiger charge is 2.04. The molecule has 0 fully saturated rings. The van der Waals surface area contributed by atoms with Crippen molar-refractivity contribution in [2.24, 2.45) is 0 Å². The molecule has 1 heterocycles. The number of nitrogens with zero attached hydrogens (tertiary/aromatic N) is 1. The van der Waals surface area contributed by atoms with Crippen LogP contribution in [0.15, 0.2) is 47.2 Å². The van der Waals surface area contributed by atoms with E-state index in [9.17, 15) is 4.79 Å². The van der Waals surface area contributed by atoms with E-state index in [4.69, 9.17) is 4.74 Å². The van der Waals surface area contributed by atoms with Crippen molar-refractivity contribution in [1.29, 1.82) is 0 Å². The minimum atomic E-state index is -0.203. The lowest BCUT2D eigenvalue weighted by Gasteiger charge is -2.08. The smallest absolute Gasteiger partial charge is 0.262 e. The first-order chi connectivity index (χ1) is 9.15. The highest BCUT2D eigenvalue weighted by atomic mass is 79.9. The van der Waals surface area contributed by atoms with Crippen molar-refractivity contribution in [3.63, 3.8) is 0 Å². The third kappa shape index (κ3) is 4.06. The number of nitrogens with one attached hydrogen (secondary N) is 1. The van der Waals surface area contributed by atoms with Crippen molar-refractivity contribution < 1.29 is 9.53 Å². The molecule has 5 heteroatoms. The molecule has 1 aromatic heterocycles. The highest BCUT2D eigenvalue weighted by molar-refractivity contribution is 9.10. The molecule has 0 bridgehead atoms. The molecule has 0 aliphatic heterocycles. The zero-order valence-electron chi connectivity index (χ0n) is 10.4. The molecular formula is C14H13BrN2O2. The Kier molecular flexibility index (Phi) is 4.52. The van der Waals surface area contributed by atoms with Gasteiger partial charge >= 0.3 is 0 Å². The van der Waals surface area contributed by atoms with Crippen LogP contribution in [0, 0.1) is 6.92 Å². The first-order valence-electron chi connectivity index (χ1n) is 5.74. The van der Waals surface area contributed by atoms with Crippen LogP contribution in [-0.2, 0) is 4.79 Å². The second-order valence-corrected chi connectivity index (χ2v) is 4.84. The van der Waals surface area contributed by atoms with Crippen molar-refractivity contribution in [2.45, 2.75) is 6.92 Å². The summed E-state index contributed by atoms with van der Waals surface area (Å²) >= 11 is 3.41. The van der Waals surface area contributed by atoms with Crippen molar-refractivity contribution >= 4 is 27.5 Å². The van der Waals surface area contributed by atoms with E-state index < -0.39 is 0 Å². The van der Waals surface area contributed by atoms with Gasteiger partial charge in [0.15, 0.2) is 6.61 Å². The highest BCUT2D eigenvalue weighted by Crippen LogP contribution is 2.19. The summed E-state index contributed by atoms with van der Waals surface area (Å²) in [7, 11) is 0. The Hall–Kier alpha value is -1.88. The van der Waals surface area contributed by atoms with Gasteiger partial charge in [-0.3, -0.25) is 9.78 Å². The van der Waals surface area contributed by atoms with Crippen molar-refractivity contribution in [2.75, 3.05) is 11.9 Å². The molecule has 1 N–H and O–H groups in total. The minimum Gasteiger partial charge on any atom is -0.482 e. The number of amides is 1. The predicted octanol–water partition coefficient (Wildman–Crippen LogP) is 3.17. The fourth-order valence-corrected chi connectivity index (χ4v) is 1.75. The van der Waals surface area contributed by atoms with Crippen molar-refractivity contribution in [1.82, 2.24) is 4.98 Å². The van der Waals surface area contributed by atoms with Gasteiger partial charge in [-0.2, -0.15) is 0 Å². The number of ether oxygens (including phenoxy) is 1. The Morgan fingerprint density at radius 3 is 2.95 bits per heavy atom. The topological polar surface area (TPSA) is 51.2 Å². The van der Waals surface area contributed by atoms with Gasteiger partial charge in [0, 0.05) is 16.4 Å². The van der Waals surface area contributed by atoms with E-state index in [0.29, 0.717) is 5.75 Å². The Bertz CT molecular complexity index is 573. The molecule has 2 aromatic rings. The second-order valence-electron chi connectivity index (χ2n) is 3.99. The summed E-state index contributed by atoms with van der Waals surface area (Å²) in [6.07, 6.45) is 3.22. The number of aromatic nitrogens is 1. The van der Waals surface area contributed by atoms with Crippen LogP contribution in [0.25, 0.3) is 0 Å². The van der Waals surface area contributed by atoms with E-state index in [2.05, 4.69) is 26.2 Å². The Morgan fingerprint density at radius 1 is 1.42 bits per heavy atom. The summed E-state index contributed by atoms with van der Waals surface area (Å²) < 4.78 is 6.32. The minimum absolute atomic E-state index is 0.0409.